The molecule has 0 saturated heterocycles. The predicted octanol–water partition coefficient (Wildman–Crippen LogP) is 3.97. The van der Waals surface area contributed by atoms with Crippen molar-refractivity contribution in [2.75, 3.05) is 21.3 Å². The zero-order chi connectivity index (χ0) is 19.9. The quantitative estimate of drug-likeness (QED) is 0.415. The second kappa shape index (κ2) is 9.09. The van der Waals surface area contributed by atoms with Crippen molar-refractivity contribution in [2.45, 2.75) is 6.61 Å². The highest BCUT2D eigenvalue weighted by Crippen LogP contribution is 2.35. The van der Waals surface area contributed by atoms with E-state index in [9.17, 15) is 0 Å². The first-order valence-electron chi connectivity index (χ1n) is 8.19. The zero-order valence-corrected chi connectivity index (χ0v) is 16.3. The Kier molecular flexibility index (Phi) is 6.33. The third-order valence-corrected chi connectivity index (χ3v) is 4.02. The largest absolute Gasteiger partial charge is 0.496 e. The number of para-hydroxylation sites is 1. The molecule has 0 fully saturated rings. The summed E-state index contributed by atoms with van der Waals surface area (Å²) in [5.41, 5.74) is 1.41. The summed E-state index contributed by atoms with van der Waals surface area (Å²) in [5.74, 6) is 2.29. The molecular weight excluding hydrogens is 386 g/mol. The minimum absolute atomic E-state index is 0.0136. The maximum atomic E-state index is 6.16. The van der Waals surface area contributed by atoms with Crippen LogP contribution >= 0.6 is 11.6 Å². The molecule has 0 saturated carbocycles. The average molecular weight is 404 g/mol. The van der Waals surface area contributed by atoms with Crippen molar-refractivity contribution in [1.29, 1.82) is 0 Å². The lowest BCUT2D eigenvalue weighted by atomic mass is 10.2. The summed E-state index contributed by atoms with van der Waals surface area (Å²) in [6.07, 6.45) is 1.49. The van der Waals surface area contributed by atoms with E-state index in [1.165, 1.54) is 20.4 Å². The van der Waals surface area contributed by atoms with Crippen molar-refractivity contribution in [3.05, 3.63) is 52.9 Å². The van der Waals surface area contributed by atoms with E-state index >= 15 is 0 Å². The number of oxime groups is 1. The summed E-state index contributed by atoms with van der Waals surface area (Å²) in [6.45, 7) is 0.0136. The van der Waals surface area contributed by atoms with Gasteiger partial charge in [-0.25, -0.2) is 0 Å². The molecule has 8 nitrogen and oxygen atoms in total. The van der Waals surface area contributed by atoms with Gasteiger partial charge in [0.2, 0.25) is 5.82 Å². The number of benzene rings is 2. The molecule has 9 heteroatoms. The van der Waals surface area contributed by atoms with Crippen molar-refractivity contribution in [3.63, 3.8) is 0 Å². The van der Waals surface area contributed by atoms with Gasteiger partial charge in [0, 0.05) is 5.56 Å². The number of hydrogen-bond donors (Lipinski definition) is 0. The average Bonchev–Trinajstić information content (AvgIpc) is 3.19. The van der Waals surface area contributed by atoms with Crippen LogP contribution in [0.1, 0.15) is 11.5 Å². The Bertz CT molecular complexity index is 974. The molecule has 3 aromatic rings. The Morgan fingerprint density at radius 2 is 1.86 bits per heavy atom. The van der Waals surface area contributed by atoms with E-state index in [1.807, 2.05) is 24.3 Å². The fraction of sp³-hybridized carbons (Fsp3) is 0.211. The molecule has 146 valence electrons. The summed E-state index contributed by atoms with van der Waals surface area (Å²) in [6, 6.07) is 10.8. The Morgan fingerprint density at radius 1 is 1.07 bits per heavy atom. The van der Waals surface area contributed by atoms with Crippen LogP contribution in [0.3, 0.4) is 0 Å². The number of ether oxygens (including phenoxy) is 3. The molecular formula is C19H18ClN3O5. The Balaban J connectivity index is 1.65. The monoisotopic (exact) mass is 403 g/mol. The number of rotatable bonds is 8. The van der Waals surface area contributed by atoms with Gasteiger partial charge in [0.1, 0.15) is 5.75 Å². The highest BCUT2D eigenvalue weighted by atomic mass is 35.5. The smallest absolute Gasteiger partial charge is 0.267 e. The molecule has 0 unspecified atom stereocenters. The van der Waals surface area contributed by atoms with E-state index in [4.69, 9.17) is 35.2 Å². The molecule has 0 atom stereocenters. The fourth-order valence-electron chi connectivity index (χ4n) is 2.46. The van der Waals surface area contributed by atoms with Crippen LogP contribution < -0.4 is 14.2 Å². The predicted molar refractivity (Wildman–Crippen MR) is 103 cm³/mol. The molecule has 0 amide bonds. The first kappa shape index (κ1) is 19.5. The van der Waals surface area contributed by atoms with E-state index in [0.29, 0.717) is 33.7 Å². The maximum absolute atomic E-state index is 6.16. The van der Waals surface area contributed by atoms with E-state index in [-0.39, 0.29) is 12.5 Å². The molecule has 0 aliphatic rings. The van der Waals surface area contributed by atoms with Crippen LogP contribution in [0.4, 0.5) is 0 Å². The van der Waals surface area contributed by atoms with Gasteiger partial charge in [-0.2, -0.15) is 4.98 Å². The second-order valence-corrected chi connectivity index (χ2v) is 5.87. The number of aromatic nitrogens is 2. The van der Waals surface area contributed by atoms with Crippen LogP contribution in [0.15, 0.2) is 46.1 Å². The third kappa shape index (κ3) is 4.34. The normalized spacial score (nSPS) is 10.9. The van der Waals surface area contributed by atoms with Gasteiger partial charge in [-0.05, 0) is 24.3 Å². The van der Waals surface area contributed by atoms with E-state index in [1.54, 1.807) is 19.2 Å². The topological polar surface area (TPSA) is 88.2 Å². The van der Waals surface area contributed by atoms with Crippen LogP contribution in [0.5, 0.6) is 17.2 Å². The van der Waals surface area contributed by atoms with Crippen LogP contribution in [-0.2, 0) is 11.4 Å². The standard InChI is InChI=1S/C19H18ClN3O5/c1-24-15-7-5-4-6-13(15)19-22-17(28-23-19)11-27-21-10-12-8-14(20)18(26-3)16(9-12)25-2/h4-10H,11H2,1-3H3/b21-10-. The molecule has 0 aliphatic heterocycles. The van der Waals surface area contributed by atoms with E-state index < -0.39 is 0 Å². The first-order chi connectivity index (χ1) is 13.7. The van der Waals surface area contributed by atoms with Gasteiger partial charge in [-0.15, -0.1) is 0 Å². The molecule has 0 aliphatic carbocycles. The zero-order valence-electron chi connectivity index (χ0n) is 15.5. The summed E-state index contributed by atoms with van der Waals surface area (Å²) >= 11 is 6.16. The molecule has 3 rings (SSSR count). The Labute approximate surface area is 166 Å². The molecule has 1 aromatic heterocycles. The Hall–Kier alpha value is -3.26. The van der Waals surface area contributed by atoms with Crippen molar-refractivity contribution >= 4 is 17.8 Å². The van der Waals surface area contributed by atoms with Crippen molar-refractivity contribution in [2.24, 2.45) is 5.16 Å². The molecule has 0 radical (unpaired) electrons. The lowest BCUT2D eigenvalue weighted by molar-refractivity contribution is 0.107. The lowest BCUT2D eigenvalue weighted by Gasteiger charge is -2.09. The summed E-state index contributed by atoms with van der Waals surface area (Å²) in [5, 5.41) is 8.24. The first-order valence-corrected chi connectivity index (χ1v) is 8.57. The highest BCUT2D eigenvalue weighted by molar-refractivity contribution is 6.32. The maximum Gasteiger partial charge on any atom is 0.267 e. The molecule has 0 bridgehead atoms. The fourth-order valence-corrected chi connectivity index (χ4v) is 2.75. The number of hydrogen-bond acceptors (Lipinski definition) is 8. The van der Waals surface area contributed by atoms with Gasteiger partial charge < -0.3 is 23.6 Å². The minimum atomic E-state index is 0.0136. The van der Waals surface area contributed by atoms with Crippen molar-refractivity contribution in [1.82, 2.24) is 10.1 Å². The van der Waals surface area contributed by atoms with Gasteiger partial charge in [0.15, 0.2) is 18.1 Å². The van der Waals surface area contributed by atoms with Crippen LogP contribution in [0.25, 0.3) is 11.4 Å². The minimum Gasteiger partial charge on any atom is -0.496 e. The number of halogens is 1. The van der Waals surface area contributed by atoms with Gasteiger partial charge >= 0.3 is 0 Å². The highest BCUT2D eigenvalue weighted by Gasteiger charge is 2.13. The number of nitrogens with zero attached hydrogens (tertiary/aromatic N) is 3. The van der Waals surface area contributed by atoms with Crippen LogP contribution in [0, 0.1) is 0 Å². The molecule has 2 aromatic carbocycles. The lowest BCUT2D eigenvalue weighted by Crippen LogP contribution is -1.94. The van der Waals surface area contributed by atoms with Gasteiger partial charge in [-0.1, -0.05) is 34.0 Å². The van der Waals surface area contributed by atoms with Gasteiger partial charge in [0.25, 0.3) is 5.89 Å². The van der Waals surface area contributed by atoms with E-state index in [0.717, 1.165) is 5.56 Å². The van der Waals surface area contributed by atoms with E-state index in [2.05, 4.69) is 15.3 Å². The second-order valence-electron chi connectivity index (χ2n) is 5.46. The Morgan fingerprint density at radius 3 is 2.61 bits per heavy atom. The molecule has 0 spiro atoms. The van der Waals surface area contributed by atoms with Crippen LogP contribution in [-0.4, -0.2) is 37.7 Å². The van der Waals surface area contributed by atoms with Gasteiger partial charge in [-0.3, -0.25) is 0 Å². The third-order valence-electron chi connectivity index (χ3n) is 3.74. The number of methoxy groups -OCH3 is 3. The van der Waals surface area contributed by atoms with Gasteiger partial charge in [0.05, 0.1) is 38.1 Å². The summed E-state index contributed by atoms with van der Waals surface area (Å²) < 4.78 is 20.9. The summed E-state index contributed by atoms with van der Waals surface area (Å²) in [7, 11) is 4.63. The van der Waals surface area contributed by atoms with Crippen molar-refractivity contribution in [3.8, 4) is 28.6 Å². The molecule has 28 heavy (non-hydrogen) atoms. The molecule has 0 N–H and O–H groups in total. The van der Waals surface area contributed by atoms with Crippen LogP contribution in [0.2, 0.25) is 5.02 Å². The SMILES string of the molecule is COc1ccccc1-c1noc(CO/N=C\c2cc(Cl)c(OC)c(OC)c2)n1. The van der Waals surface area contributed by atoms with Crippen molar-refractivity contribution < 1.29 is 23.6 Å². The molecule has 1 heterocycles. The summed E-state index contributed by atoms with van der Waals surface area (Å²) in [4.78, 5) is 9.51.